The Labute approximate surface area is 146 Å². The van der Waals surface area contributed by atoms with Crippen LogP contribution in [0.2, 0.25) is 10.0 Å². The van der Waals surface area contributed by atoms with Gasteiger partial charge in [-0.2, -0.15) is 0 Å². The summed E-state index contributed by atoms with van der Waals surface area (Å²) in [5.74, 6) is -0.218. The Morgan fingerprint density at radius 2 is 1.82 bits per heavy atom. The summed E-state index contributed by atoms with van der Waals surface area (Å²) >= 11 is 12.1. The molecule has 0 bridgehead atoms. The lowest BCUT2D eigenvalue weighted by Crippen LogP contribution is -2.55. The highest BCUT2D eigenvalue weighted by molar-refractivity contribution is 6.36. The van der Waals surface area contributed by atoms with Gasteiger partial charge in [0.15, 0.2) is 0 Å². The minimum Gasteiger partial charge on any atom is -0.386 e. The number of carbonyl (C=O) groups excluding carboxylic acids is 1. The lowest BCUT2D eigenvalue weighted by Gasteiger charge is -2.32. The summed E-state index contributed by atoms with van der Waals surface area (Å²) in [6, 6.07) is 5.01. The summed E-state index contributed by atoms with van der Waals surface area (Å²) in [5, 5.41) is 13.7. The smallest absolute Gasteiger partial charge is 0.240 e. The molecule has 0 spiro atoms. The van der Waals surface area contributed by atoms with Crippen molar-refractivity contribution in [2.75, 3.05) is 6.54 Å². The molecular formula is C15H21Cl3N2O2. The highest BCUT2D eigenvalue weighted by Gasteiger charge is 2.35. The first-order valence-corrected chi connectivity index (χ1v) is 7.89. The first-order valence-electron chi connectivity index (χ1n) is 7.13. The molecule has 1 amide bonds. The number of nitrogens with one attached hydrogen (secondary N) is 1. The van der Waals surface area contributed by atoms with Crippen LogP contribution >= 0.6 is 35.6 Å². The Morgan fingerprint density at radius 3 is 2.36 bits per heavy atom. The lowest BCUT2D eigenvalue weighted by molar-refractivity contribution is -0.128. The average molecular weight is 368 g/mol. The number of benzene rings is 1. The molecule has 2 rings (SSSR count). The Kier molecular flexibility index (Phi) is 7.42. The number of nitrogens with two attached hydrogens (primary N) is 1. The van der Waals surface area contributed by atoms with Crippen LogP contribution in [-0.2, 0) is 4.79 Å². The number of hydrogen-bond donors (Lipinski definition) is 3. The standard InChI is InChI=1S/C15H20Cl2N2O2.ClH/c16-10-5-4-6-11(17)13(10)12(20)9-19-14(21)15(18)7-2-1-3-8-15;/h4-6,12,20H,1-3,7-9,18H2,(H,19,21);1H. The molecule has 1 atom stereocenters. The predicted octanol–water partition coefficient (Wildman–Crippen LogP) is 3.23. The molecule has 1 aliphatic rings. The van der Waals surface area contributed by atoms with Crippen LogP contribution in [0.1, 0.15) is 43.8 Å². The maximum Gasteiger partial charge on any atom is 0.240 e. The molecule has 22 heavy (non-hydrogen) atoms. The zero-order valence-electron chi connectivity index (χ0n) is 12.1. The van der Waals surface area contributed by atoms with Crippen molar-refractivity contribution in [1.82, 2.24) is 5.32 Å². The van der Waals surface area contributed by atoms with Gasteiger partial charge in [-0.25, -0.2) is 0 Å². The van der Waals surface area contributed by atoms with E-state index in [1.165, 1.54) is 0 Å². The van der Waals surface area contributed by atoms with Crippen molar-refractivity contribution in [2.24, 2.45) is 5.73 Å². The van der Waals surface area contributed by atoms with Gasteiger partial charge in [0, 0.05) is 22.2 Å². The third-order valence-corrected chi connectivity index (χ3v) is 4.65. The molecule has 1 saturated carbocycles. The third kappa shape index (κ3) is 4.49. The second-order valence-corrected chi connectivity index (χ2v) is 6.39. The van der Waals surface area contributed by atoms with E-state index < -0.39 is 11.6 Å². The number of amides is 1. The van der Waals surface area contributed by atoms with Crippen molar-refractivity contribution in [3.05, 3.63) is 33.8 Å². The van der Waals surface area contributed by atoms with Gasteiger partial charge >= 0.3 is 0 Å². The molecular weight excluding hydrogens is 347 g/mol. The van der Waals surface area contributed by atoms with E-state index in [4.69, 9.17) is 28.9 Å². The van der Waals surface area contributed by atoms with E-state index in [1.807, 2.05) is 0 Å². The number of hydrogen-bond acceptors (Lipinski definition) is 3. The first-order chi connectivity index (χ1) is 9.94. The number of halogens is 3. The van der Waals surface area contributed by atoms with Crippen LogP contribution in [-0.4, -0.2) is 23.1 Å². The molecule has 4 N–H and O–H groups in total. The van der Waals surface area contributed by atoms with Crippen LogP contribution in [0, 0.1) is 0 Å². The van der Waals surface area contributed by atoms with E-state index in [2.05, 4.69) is 5.32 Å². The van der Waals surface area contributed by atoms with Crippen molar-refractivity contribution < 1.29 is 9.90 Å². The van der Waals surface area contributed by atoms with Gasteiger partial charge in [0.2, 0.25) is 5.91 Å². The fourth-order valence-electron chi connectivity index (χ4n) is 2.71. The van der Waals surface area contributed by atoms with Crippen molar-refractivity contribution in [3.8, 4) is 0 Å². The second kappa shape index (κ2) is 8.37. The monoisotopic (exact) mass is 366 g/mol. The van der Waals surface area contributed by atoms with Gasteiger partial charge in [-0.05, 0) is 25.0 Å². The number of rotatable bonds is 4. The molecule has 0 aromatic heterocycles. The van der Waals surface area contributed by atoms with Gasteiger partial charge in [0.1, 0.15) is 0 Å². The molecule has 1 unspecified atom stereocenters. The van der Waals surface area contributed by atoms with Crippen molar-refractivity contribution in [3.63, 3.8) is 0 Å². The molecule has 7 heteroatoms. The summed E-state index contributed by atoms with van der Waals surface area (Å²) in [6.07, 6.45) is 3.45. The van der Waals surface area contributed by atoms with Crippen LogP contribution in [0.15, 0.2) is 18.2 Å². The normalized spacial score (nSPS) is 18.2. The minimum atomic E-state index is -0.956. The average Bonchev–Trinajstić information content (AvgIpc) is 2.45. The fourth-order valence-corrected chi connectivity index (χ4v) is 3.36. The van der Waals surface area contributed by atoms with E-state index in [0.29, 0.717) is 28.5 Å². The Balaban J connectivity index is 0.00000242. The second-order valence-electron chi connectivity index (χ2n) is 5.58. The molecule has 0 radical (unpaired) electrons. The molecule has 0 aliphatic heterocycles. The van der Waals surface area contributed by atoms with E-state index in [9.17, 15) is 9.90 Å². The zero-order chi connectivity index (χ0) is 15.5. The van der Waals surface area contributed by atoms with E-state index in [-0.39, 0.29) is 24.9 Å². The van der Waals surface area contributed by atoms with E-state index >= 15 is 0 Å². The highest BCUT2D eigenvalue weighted by Crippen LogP contribution is 2.30. The SMILES string of the molecule is Cl.NC1(C(=O)NCC(O)c2c(Cl)cccc2Cl)CCCCC1. The van der Waals surface area contributed by atoms with Crippen molar-refractivity contribution >= 4 is 41.5 Å². The molecule has 1 aromatic carbocycles. The molecule has 1 aromatic rings. The minimum absolute atomic E-state index is 0. The summed E-state index contributed by atoms with van der Waals surface area (Å²) in [6.45, 7) is 0.0429. The lowest BCUT2D eigenvalue weighted by atomic mass is 9.82. The van der Waals surface area contributed by atoms with E-state index in [0.717, 1.165) is 19.3 Å². The highest BCUT2D eigenvalue weighted by atomic mass is 35.5. The van der Waals surface area contributed by atoms with Crippen LogP contribution < -0.4 is 11.1 Å². The molecule has 4 nitrogen and oxygen atoms in total. The van der Waals surface area contributed by atoms with Gasteiger partial charge in [-0.1, -0.05) is 48.5 Å². The molecule has 1 fully saturated rings. The van der Waals surface area contributed by atoms with Gasteiger partial charge in [0.05, 0.1) is 11.6 Å². The van der Waals surface area contributed by atoms with Gasteiger partial charge in [0.25, 0.3) is 0 Å². The number of aliphatic hydroxyl groups is 1. The van der Waals surface area contributed by atoms with E-state index in [1.54, 1.807) is 18.2 Å². The van der Waals surface area contributed by atoms with Gasteiger partial charge < -0.3 is 16.2 Å². The van der Waals surface area contributed by atoms with Crippen LogP contribution in [0.25, 0.3) is 0 Å². The Hall–Kier alpha value is -0.520. The largest absolute Gasteiger partial charge is 0.386 e. The fraction of sp³-hybridized carbons (Fsp3) is 0.533. The van der Waals surface area contributed by atoms with Crippen molar-refractivity contribution in [1.29, 1.82) is 0 Å². The summed E-state index contributed by atoms with van der Waals surface area (Å²) in [5.41, 5.74) is 5.75. The van der Waals surface area contributed by atoms with Gasteiger partial charge in [-0.3, -0.25) is 4.79 Å². The van der Waals surface area contributed by atoms with Crippen molar-refractivity contribution in [2.45, 2.75) is 43.7 Å². The van der Waals surface area contributed by atoms with Crippen LogP contribution in [0.4, 0.5) is 0 Å². The third-order valence-electron chi connectivity index (χ3n) is 3.99. The van der Waals surface area contributed by atoms with Crippen LogP contribution in [0.5, 0.6) is 0 Å². The Bertz CT molecular complexity index is 499. The van der Waals surface area contributed by atoms with Gasteiger partial charge in [-0.15, -0.1) is 12.4 Å². The summed E-state index contributed by atoms with van der Waals surface area (Å²) in [7, 11) is 0. The summed E-state index contributed by atoms with van der Waals surface area (Å²) < 4.78 is 0. The molecule has 0 heterocycles. The number of carbonyl (C=O) groups is 1. The first kappa shape index (κ1) is 19.5. The summed E-state index contributed by atoms with van der Waals surface area (Å²) in [4.78, 5) is 12.2. The maximum absolute atomic E-state index is 12.2. The molecule has 1 aliphatic carbocycles. The predicted molar refractivity (Wildman–Crippen MR) is 91.7 cm³/mol. The molecule has 0 saturated heterocycles. The topological polar surface area (TPSA) is 75.4 Å². The zero-order valence-corrected chi connectivity index (χ0v) is 14.5. The molecule has 124 valence electrons. The van der Waals surface area contributed by atoms with Crippen LogP contribution in [0.3, 0.4) is 0 Å². The quantitative estimate of drug-likeness (QED) is 0.765. The maximum atomic E-state index is 12.2. The number of aliphatic hydroxyl groups excluding tert-OH is 1. The Morgan fingerprint density at radius 1 is 1.27 bits per heavy atom.